The highest BCUT2D eigenvalue weighted by Crippen LogP contribution is 2.33. The van der Waals surface area contributed by atoms with Gasteiger partial charge in [0.25, 0.3) is 0 Å². The zero-order chi connectivity index (χ0) is 15.3. The zero-order valence-corrected chi connectivity index (χ0v) is 12.9. The third-order valence-electron chi connectivity index (χ3n) is 2.50. The molecule has 0 aliphatic heterocycles. The second-order valence-corrected chi connectivity index (χ2v) is 5.15. The Morgan fingerprint density at radius 2 is 1.80 bits per heavy atom. The smallest absolute Gasteiger partial charge is 0.321 e. The molecule has 0 saturated carbocycles. The van der Waals surface area contributed by atoms with Gasteiger partial charge in [-0.1, -0.05) is 34.8 Å². The Labute approximate surface area is 131 Å². The van der Waals surface area contributed by atoms with Crippen molar-refractivity contribution in [1.82, 2.24) is 4.90 Å². The molecule has 1 aromatic rings. The fraction of sp³-hybridized carbons (Fsp3) is 0.333. The van der Waals surface area contributed by atoms with Gasteiger partial charge in [0.2, 0.25) is 0 Å². The van der Waals surface area contributed by atoms with Crippen LogP contribution < -0.4 is 5.32 Å². The first-order valence-corrected chi connectivity index (χ1v) is 6.90. The minimum Gasteiger partial charge on any atom is -0.481 e. The number of nitrogens with one attached hydrogen (secondary N) is 1. The number of anilines is 1. The summed E-state index contributed by atoms with van der Waals surface area (Å²) in [4.78, 5) is 23.9. The van der Waals surface area contributed by atoms with Crippen LogP contribution in [0.3, 0.4) is 0 Å². The summed E-state index contributed by atoms with van der Waals surface area (Å²) in [6, 6.07) is 2.44. The Morgan fingerprint density at radius 3 is 2.25 bits per heavy atom. The second-order valence-electron chi connectivity index (χ2n) is 3.90. The lowest BCUT2D eigenvalue weighted by Gasteiger charge is -2.21. The zero-order valence-electron chi connectivity index (χ0n) is 10.6. The Balaban J connectivity index is 2.81. The average Bonchev–Trinajstić information content (AvgIpc) is 2.34. The number of carboxylic acid groups (broad SMARTS) is 1. The van der Waals surface area contributed by atoms with Gasteiger partial charge in [-0.25, -0.2) is 4.79 Å². The van der Waals surface area contributed by atoms with Crippen LogP contribution in [0.15, 0.2) is 12.1 Å². The summed E-state index contributed by atoms with van der Waals surface area (Å²) in [5.41, 5.74) is 0.247. The maximum Gasteiger partial charge on any atom is 0.321 e. The quantitative estimate of drug-likeness (QED) is 0.852. The van der Waals surface area contributed by atoms with Crippen molar-refractivity contribution in [1.29, 1.82) is 0 Å². The number of halogens is 3. The largest absolute Gasteiger partial charge is 0.481 e. The Kier molecular flexibility index (Phi) is 6.39. The third kappa shape index (κ3) is 4.74. The first kappa shape index (κ1) is 16.9. The molecule has 0 unspecified atom stereocenters. The highest BCUT2D eigenvalue weighted by atomic mass is 35.5. The van der Waals surface area contributed by atoms with Crippen LogP contribution in [0.4, 0.5) is 10.5 Å². The summed E-state index contributed by atoms with van der Waals surface area (Å²) >= 11 is 17.7. The number of carboxylic acids is 1. The minimum atomic E-state index is -0.973. The normalized spacial score (nSPS) is 10.2. The van der Waals surface area contributed by atoms with E-state index < -0.39 is 12.0 Å². The van der Waals surface area contributed by atoms with E-state index in [-0.39, 0.29) is 28.7 Å². The molecule has 0 radical (unpaired) electrons. The van der Waals surface area contributed by atoms with Crippen LogP contribution in [0.2, 0.25) is 15.1 Å². The number of amides is 2. The number of aliphatic carboxylic acids is 1. The molecule has 0 bridgehead atoms. The number of hydrogen-bond acceptors (Lipinski definition) is 2. The first-order valence-electron chi connectivity index (χ1n) is 5.77. The van der Waals surface area contributed by atoms with Crippen LogP contribution in [0.5, 0.6) is 0 Å². The van der Waals surface area contributed by atoms with E-state index in [1.807, 2.05) is 0 Å². The van der Waals surface area contributed by atoms with Crippen LogP contribution in [0.1, 0.15) is 13.3 Å². The molecule has 0 aliphatic carbocycles. The molecule has 0 spiro atoms. The van der Waals surface area contributed by atoms with Crippen molar-refractivity contribution in [3.8, 4) is 0 Å². The van der Waals surface area contributed by atoms with Gasteiger partial charge in [-0.2, -0.15) is 0 Å². The Hall–Kier alpha value is -1.17. The maximum absolute atomic E-state index is 12.0. The van der Waals surface area contributed by atoms with E-state index in [1.54, 1.807) is 6.92 Å². The first-order chi connectivity index (χ1) is 9.35. The molecule has 2 N–H and O–H groups in total. The predicted molar refractivity (Wildman–Crippen MR) is 80.0 cm³/mol. The van der Waals surface area contributed by atoms with Gasteiger partial charge in [-0.15, -0.1) is 0 Å². The summed E-state index contributed by atoms with van der Waals surface area (Å²) in [7, 11) is 0. The Morgan fingerprint density at radius 1 is 1.25 bits per heavy atom. The van der Waals surface area contributed by atoms with E-state index in [1.165, 1.54) is 17.0 Å². The fourth-order valence-corrected chi connectivity index (χ4v) is 2.39. The summed E-state index contributed by atoms with van der Waals surface area (Å²) in [6.45, 7) is 2.20. The molecule has 0 atom stereocenters. The van der Waals surface area contributed by atoms with Gasteiger partial charge in [0.05, 0.1) is 22.2 Å². The van der Waals surface area contributed by atoms with Crippen molar-refractivity contribution in [2.75, 3.05) is 18.4 Å². The maximum atomic E-state index is 12.0. The summed E-state index contributed by atoms with van der Waals surface area (Å²) in [5.74, 6) is -0.973. The van der Waals surface area contributed by atoms with E-state index in [9.17, 15) is 9.59 Å². The van der Waals surface area contributed by atoms with Gasteiger partial charge in [0.1, 0.15) is 0 Å². The molecule has 20 heavy (non-hydrogen) atoms. The molecule has 0 fully saturated rings. The van der Waals surface area contributed by atoms with Gasteiger partial charge in [0.15, 0.2) is 0 Å². The minimum absolute atomic E-state index is 0.0977. The van der Waals surface area contributed by atoms with Crippen molar-refractivity contribution in [2.45, 2.75) is 13.3 Å². The lowest BCUT2D eigenvalue weighted by Crippen LogP contribution is -2.36. The van der Waals surface area contributed by atoms with Crippen LogP contribution in [0.25, 0.3) is 0 Å². The van der Waals surface area contributed by atoms with Gasteiger partial charge in [-0.05, 0) is 19.1 Å². The van der Waals surface area contributed by atoms with Crippen molar-refractivity contribution in [3.05, 3.63) is 27.2 Å². The molecule has 1 aromatic carbocycles. The van der Waals surface area contributed by atoms with Crippen molar-refractivity contribution < 1.29 is 14.7 Å². The molecule has 5 nitrogen and oxygen atoms in total. The number of hydrogen-bond donors (Lipinski definition) is 2. The van der Waals surface area contributed by atoms with Gasteiger partial charge in [0, 0.05) is 18.1 Å². The average molecular weight is 340 g/mol. The molecular weight excluding hydrogens is 327 g/mol. The molecule has 8 heteroatoms. The number of carbonyl (C=O) groups excluding carboxylic acids is 1. The number of urea groups is 1. The Bertz CT molecular complexity index is 500. The molecule has 0 aromatic heterocycles. The number of nitrogens with zero attached hydrogens (tertiary/aromatic N) is 1. The molecular formula is C12H13Cl3N2O3. The molecule has 0 aliphatic rings. The number of benzene rings is 1. The molecule has 1 rings (SSSR count). The van der Waals surface area contributed by atoms with E-state index in [2.05, 4.69) is 5.32 Å². The van der Waals surface area contributed by atoms with E-state index in [4.69, 9.17) is 39.9 Å². The van der Waals surface area contributed by atoms with Gasteiger partial charge >= 0.3 is 12.0 Å². The van der Waals surface area contributed by atoms with Gasteiger partial charge < -0.3 is 15.3 Å². The molecule has 110 valence electrons. The predicted octanol–water partition coefficient (Wildman–Crippen LogP) is 3.98. The summed E-state index contributed by atoms with van der Waals surface area (Å²) in [6.07, 6.45) is -0.136. The van der Waals surface area contributed by atoms with Crippen LogP contribution >= 0.6 is 34.8 Å². The van der Waals surface area contributed by atoms with E-state index in [0.29, 0.717) is 11.6 Å². The molecule has 2 amide bonds. The van der Waals surface area contributed by atoms with E-state index in [0.717, 1.165) is 0 Å². The number of rotatable bonds is 5. The van der Waals surface area contributed by atoms with Crippen LogP contribution in [-0.4, -0.2) is 35.1 Å². The lowest BCUT2D eigenvalue weighted by molar-refractivity contribution is -0.137. The monoisotopic (exact) mass is 338 g/mol. The van der Waals surface area contributed by atoms with Crippen molar-refractivity contribution in [3.63, 3.8) is 0 Å². The van der Waals surface area contributed by atoms with Crippen LogP contribution in [-0.2, 0) is 4.79 Å². The highest BCUT2D eigenvalue weighted by Gasteiger charge is 2.16. The second kappa shape index (κ2) is 7.57. The standard InChI is InChI=1S/C12H13Cl3N2O3/c1-2-17(4-3-10(18)19)12(20)16-11-8(14)5-7(13)6-9(11)15/h5-6H,2-4H2,1H3,(H,16,20)(H,18,19). The lowest BCUT2D eigenvalue weighted by atomic mass is 10.3. The van der Waals surface area contributed by atoms with Crippen LogP contribution in [0, 0.1) is 0 Å². The van der Waals surface area contributed by atoms with Crippen molar-refractivity contribution >= 4 is 52.5 Å². The van der Waals surface area contributed by atoms with E-state index >= 15 is 0 Å². The summed E-state index contributed by atoms with van der Waals surface area (Å²) < 4.78 is 0. The highest BCUT2D eigenvalue weighted by molar-refractivity contribution is 6.42. The van der Waals surface area contributed by atoms with Crippen molar-refractivity contribution in [2.24, 2.45) is 0 Å². The third-order valence-corrected chi connectivity index (χ3v) is 3.32. The SMILES string of the molecule is CCN(CCC(=O)O)C(=O)Nc1c(Cl)cc(Cl)cc1Cl. The van der Waals surface area contributed by atoms with Gasteiger partial charge in [-0.3, -0.25) is 4.79 Å². The summed E-state index contributed by atoms with van der Waals surface area (Å²) in [5, 5.41) is 12.0. The molecule has 0 saturated heterocycles. The molecule has 0 heterocycles. The fourth-order valence-electron chi connectivity index (χ4n) is 1.48. The number of carbonyl (C=O) groups is 2. The topological polar surface area (TPSA) is 69.6 Å².